The van der Waals surface area contributed by atoms with Gasteiger partial charge in [0.15, 0.2) is 17.3 Å². The van der Waals surface area contributed by atoms with Crippen molar-refractivity contribution in [3.63, 3.8) is 0 Å². The maximum atomic E-state index is 12.3. The summed E-state index contributed by atoms with van der Waals surface area (Å²) in [5.74, 6) is 7.58. The van der Waals surface area contributed by atoms with Crippen LogP contribution < -0.4 is 25.4 Å². The van der Waals surface area contributed by atoms with Crippen LogP contribution in [0, 0.1) is 0 Å². The number of ether oxygens (including phenoxy) is 3. The minimum absolute atomic E-state index is 0.0243. The molecule has 1 amide bonds. The number of thioether (sulfide) groups is 1. The molecule has 12 heteroatoms. The SMILES string of the molecule is COc1ccc(CCNC(=O)CSc2nnc(-c3ccc(OC(F)F)cc3)n2N)cc1OC. The van der Waals surface area contributed by atoms with Crippen molar-refractivity contribution in [1.82, 2.24) is 20.2 Å². The molecule has 33 heavy (non-hydrogen) atoms. The van der Waals surface area contributed by atoms with Crippen LogP contribution in [0.5, 0.6) is 17.2 Å². The molecule has 0 saturated carbocycles. The second-order valence-corrected chi connectivity index (χ2v) is 7.60. The summed E-state index contributed by atoms with van der Waals surface area (Å²) in [5, 5.41) is 11.2. The quantitative estimate of drug-likeness (QED) is 0.319. The predicted molar refractivity (Wildman–Crippen MR) is 119 cm³/mol. The summed E-state index contributed by atoms with van der Waals surface area (Å²) in [6, 6.07) is 11.4. The standard InChI is InChI=1S/C21H23F2N5O4S/c1-30-16-8-3-13(11-17(16)31-2)9-10-25-18(29)12-33-21-27-26-19(28(21)24)14-4-6-15(7-5-14)32-20(22)23/h3-8,11,20H,9-10,12,24H2,1-2H3,(H,25,29). The highest BCUT2D eigenvalue weighted by Crippen LogP contribution is 2.27. The number of nitrogens with zero attached hydrogens (tertiary/aromatic N) is 3. The van der Waals surface area contributed by atoms with Crippen molar-refractivity contribution in [3.8, 4) is 28.6 Å². The largest absolute Gasteiger partial charge is 0.493 e. The van der Waals surface area contributed by atoms with Gasteiger partial charge in [-0.25, -0.2) is 4.68 Å². The average Bonchev–Trinajstić information content (AvgIpc) is 3.18. The number of carbonyl (C=O) groups excluding carboxylic acids is 1. The second-order valence-electron chi connectivity index (χ2n) is 6.66. The van der Waals surface area contributed by atoms with Crippen LogP contribution in [0.4, 0.5) is 8.78 Å². The summed E-state index contributed by atoms with van der Waals surface area (Å²) in [6.45, 7) is -2.45. The van der Waals surface area contributed by atoms with E-state index < -0.39 is 6.61 Å². The molecule has 3 aromatic rings. The number of rotatable bonds is 11. The zero-order valence-corrected chi connectivity index (χ0v) is 18.8. The van der Waals surface area contributed by atoms with E-state index in [1.54, 1.807) is 26.4 Å². The molecular weight excluding hydrogens is 456 g/mol. The van der Waals surface area contributed by atoms with Crippen molar-refractivity contribution in [1.29, 1.82) is 0 Å². The number of alkyl halides is 2. The fourth-order valence-electron chi connectivity index (χ4n) is 2.92. The molecule has 0 unspecified atom stereocenters. The first-order chi connectivity index (χ1) is 15.9. The van der Waals surface area contributed by atoms with Gasteiger partial charge in [-0.05, 0) is 48.4 Å². The van der Waals surface area contributed by atoms with Gasteiger partial charge in [0.2, 0.25) is 11.1 Å². The molecule has 0 saturated heterocycles. The normalized spacial score (nSPS) is 10.8. The van der Waals surface area contributed by atoms with Gasteiger partial charge in [-0.2, -0.15) is 8.78 Å². The Morgan fingerprint density at radius 3 is 2.52 bits per heavy atom. The van der Waals surface area contributed by atoms with Gasteiger partial charge in [-0.15, -0.1) is 10.2 Å². The fourth-order valence-corrected chi connectivity index (χ4v) is 3.61. The zero-order valence-electron chi connectivity index (χ0n) is 18.0. The second kappa shape index (κ2) is 11.4. The Morgan fingerprint density at radius 1 is 1.12 bits per heavy atom. The lowest BCUT2D eigenvalue weighted by atomic mass is 10.1. The number of halogens is 2. The summed E-state index contributed by atoms with van der Waals surface area (Å²) >= 11 is 1.13. The molecule has 1 heterocycles. The Labute approximate surface area is 193 Å². The third-order valence-electron chi connectivity index (χ3n) is 4.52. The number of hydrogen-bond acceptors (Lipinski definition) is 8. The van der Waals surface area contributed by atoms with Gasteiger partial charge in [0.1, 0.15) is 5.75 Å². The average molecular weight is 480 g/mol. The van der Waals surface area contributed by atoms with Gasteiger partial charge >= 0.3 is 6.61 Å². The Hall–Kier alpha value is -3.54. The van der Waals surface area contributed by atoms with Crippen LogP contribution in [0.15, 0.2) is 47.6 Å². The van der Waals surface area contributed by atoms with Crippen molar-refractivity contribution < 1.29 is 27.8 Å². The summed E-state index contributed by atoms with van der Waals surface area (Å²) < 4.78 is 40.6. The third kappa shape index (κ3) is 6.48. The van der Waals surface area contributed by atoms with Crippen LogP contribution in [0.1, 0.15) is 5.56 Å². The van der Waals surface area contributed by atoms with E-state index in [9.17, 15) is 13.6 Å². The minimum atomic E-state index is -2.90. The lowest BCUT2D eigenvalue weighted by molar-refractivity contribution is -0.118. The molecule has 0 radical (unpaired) electrons. The number of methoxy groups -OCH3 is 2. The van der Waals surface area contributed by atoms with Crippen LogP contribution >= 0.6 is 11.8 Å². The first-order valence-corrected chi connectivity index (χ1v) is 10.8. The molecule has 0 atom stereocenters. The van der Waals surface area contributed by atoms with E-state index in [1.165, 1.54) is 16.8 Å². The van der Waals surface area contributed by atoms with Crippen molar-refractivity contribution in [2.24, 2.45) is 0 Å². The van der Waals surface area contributed by atoms with E-state index in [-0.39, 0.29) is 17.4 Å². The topological polar surface area (TPSA) is 114 Å². The molecule has 1 aromatic heterocycles. The van der Waals surface area contributed by atoms with Gasteiger partial charge in [-0.1, -0.05) is 17.8 Å². The summed E-state index contributed by atoms with van der Waals surface area (Å²) in [7, 11) is 3.14. The van der Waals surface area contributed by atoms with E-state index in [1.807, 2.05) is 18.2 Å². The first-order valence-electron chi connectivity index (χ1n) is 9.77. The van der Waals surface area contributed by atoms with Gasteiger partial charge in [0.05, 0.1) is 20.0 Å². The van der Waals surface area contributed by atoms with E-state index >= 15 is 0 Å². The van der Waals surface area contributed by atoms with Crippen LogP contribution in [-0.4, -0.2) is 53.9 Å². The number of aromatic nitrogens is 3. The Balaban J connectivity index is 1.49. The molecule has 0 aliphatic carbocycles. The zero-order chi connectivity index (χ0) is 23.8. The van der Waals surface area contributed by atoms with E-state index in [4.69, 9.17) is 15.3 Å². The highest BCUT2D eigenvalue weighted by Gasteiger charge is 2.14. The summed E-state index contributed by atoms with van der Waals surface area (Å²) in [6.07, 6.45) is 0.624. The van der Waals surface area contributed by atoms with Gasteiger partial charge < -0.3 is 25.4 Å². The Kier molecular flexibility index (Phi) is 8.30. The third-order valence-corrected chi connectivity index (χ3v) is 5.46. The van der Waals surface area contributed by atoms with Crippen molar-refractivity contribution in [3.05, 3.63) is 48.0 Å². The molecule has 176 valence electrons. The molecule has 9 nitrogen and oxygen atoms in total. The molecule has 0 fully saturated rings. The lowest BCUT2D eigenvalue weighted by Crippen LogP contribution is -2.27. The first kappa shape index (κ1) is 24.1. The molecule has 0 aliphatic heterocycles. The van der Waals surface area contributed by atoms with Crippen LogP contribution in [-0.2, 0) is 11.2 Å². The van der Waals surface area contributed by atoms with E-state index in [2.05, 4.69) is 20.3 Å². The van der Waals surface area contributed by atoms with Crippen LogP contribution in [0.3, 0.4) is 0 Å². The van der Waals surface area contributed by atoms with Crippen molar-refractivity contribution >= 4 is 17.7 Å². The summed E-state index contributed by atoms with van der Waals surface area (Å²) in [4.78, 5) is 12.2. The molecule has 0 bridgehead atoms. The molecule has 0 spiro atoms. The van der Waals surface area contributed by atoms with Crippen LogP contribution in [0.25, 0.3) is 11.4 Å². The van der Waals surface area contributed by atoms with Crippen molar-refractivity contribution in [2.75, 3.05) is 32.4 Å². The smallest absolute Gasteiger partial charge is 0.387 e. The molecule has 3 N–H and O–H groups in total. The van der Waals surface area contributed by atoms with Gasteiger partial charge in [0.25, 0.3) is 0 Å². The Bertz CT molecular complexity index is 1080. The molecule has 3 rings (SSSR count). The number of amides is 1. The van der Waals surface area contributed by atoms with Crippen molar-refractivity contribution in [2.45, 2.75) is 18.2 Å². The minimum Gasteiger partial charge on any atom is -0.493 e. The number of nitrogens with one attached hydrogen (secondary N) is 1. The number of benzene rings is 2. The van der Waals surface area contributed by atoms with Crippen LogP contribution in [0.2, 0.25) is 0 Å². The maximum Gasteiger partial charge on any atom is 0.387 e. The van der Waals surface area contributed by atoms with Gasteiger partial charge in [-0.3, -0.25) is 4.79 Å². The van der Waals surface area contributed by atoms with Gasteiger partial charge in [0, 0.05) is 12.1 Å². The predicted octanol–water partition coefficient (Wildman–Crippen LogP) is 2.73. The fraction of sp³-hybridized carbons (Fsp3) is 0.286. The highest BCUT2D eigenvalue weighted by molar-refractivity contribution is 7.99. The number of nitrogens with two attached hydrogens (primary N) is 1. The van der Waals surface area contributed by atoms with E-state index in [0.29, 0.717) is 41.0 Å². The number of nitrogen functional groups attached to an aromatic ring is 1. The molecule has 2 aromatic carbocycles. The lowest BCUT2D eigenvalue weighted by Gasteiger charge is -2.10. The molecule has 0 aliphatic rings. The maximum absolute atomic E-state index is 12.3. The monoisotopic (exact) mass is 479 g/mol. The number of carbonyl (C=O) groups is 1. The Morgan fingerprint density at radius 2 is 1.85 bits per heavy atom. The highest BCUT2D eigenvalue weighted by atomic mass is 32.2. The van der Waals surface area contributed by atoms with E-state index in [0.717, 1.165) is 17.3 Å². The number of hydrogen-bond donors (Lipinski definition) is 2. The summed E-state index contributed by atoms with van der Waals surface area (Å²) in [5.41, 5.74) is 1.56. The molecular formula is C21H23F2N5O4S.